The molecule has 0 atom stereocenters. The molecule has 1 aromatic carbocycles. The maximum absolute atomic E-state index is 12.8. The molecule has 0 radical (unpaired) electrons. The minimum absolute atomic E-state index is 0.348. The van der Waals surface area contributed by atoms with Gasteiger partial charge >= 0.3 is 0 Å². The largest absolute Gasteiger partial charge is 0.397 e. The number of oxime groups is 1. The fourth-order valence-corrected chi connectivity index (χ4v) is 0.846. The summed E-state index contributed by atoms with van der Waals surface area (Å²) < 4.78 is 12.8. The van der Waals surface area contributed by atoms with Crippen LogP contribution in [0.15, 0.2) is 29.4 Å². The molecule has 1 rings (SSSR count). The second-order valence-corrected chi connectivity index (χ2v) is 2.51. The number of halogens is 2. The molecule has 0 bridgehead atoms. The van der Waals surface area contributed by atoms with Crippen LogP contribution in [0.4, 0.5) is 4.39 Å². The van der Waals surface area contributed by atoms with Crippen LogP contribution in [0.2, 0.25) is 5.02 Å². The van der Waals surface area contributed by atoms with E-state index in [1.807, 2.05) is 0 Å². The van der Waals surface area contributed by atoms with Crippen LogP contribution in [0.3, 0.4) is 0 Å². The molecule has 0 aromatic heterocycles. The summed E-state index contributed by atoms with van der Waals surface area (Å²) in [4.78, 5) is 4.27. The first-order valence-electron chi connectivity index (χ1n) is 3.26. The maximum Gasteiger partial charge on any atom is 0.257 e. The van der Waals surface area contributed by atoms with Gasteiger partial charge in [-0.3, -0.25) is 0 Å². The summed E-state index contributed by atoms with van der Waals surface area (Å²) in [5.74, 6) is -0.658. The molecule has 0 fully saturated rings. The molecule has 0 amide bonds. The molecule has 12 heavy (non-hydrogen) atoms. The van der Waals surface area contributed by atoms with Crippen LogP contribution in [0.5, 0.6) is 0 Å². The number of hydrogen-bond donors (Lipinski definition) is 0. The Labute approximate surface area is 74.6 Å². The molecule has 2 nitrogen and oxygen atoms in total. The molecule has 0 saturated heterocycles. The van der Waals surface area contributed by atoms with Crippen molar-refractivity contribution in [2.75, 3.05) is 7.11 Å². The molecule has 0 N–H and O–H groups in total. The van der Waals surface area contributed by atoms with E-state index in [1.54, 1.807) is 12.1 Å². The van der Waals surface area contributed by atoms with E-state index in [0.717, 1.165) is 0 Å². The summed E-state index contributed by atoms with van der Waals surface area (Å²) in [5.41, 5.74) is 0.348. The Morgan fingerprint density at radius 2 is 2.00 bits per heavy atom. The Hall–Kier alpha value is -1.09. The summed E-state index contributed by atoms with van der Waals surface area (Å²) in [6.07, 6.45) is 0. The van der Waals surface area contributed by atoms with Gasteiger partial charge in [0, 0.05) is 10.6 Å². The molecular weight excluding hydrogens is 181 g/mol. The SMILES string of the molecule is CO/N=C(\F)c1ccc(Cl)cc1. The molecule has 0 aliphatic rings. The standard InChI is InChI=1S/C8H7ClFNO/c1-12-11-8(10)6-2-4-7(9)5-3-6/h2-5H,1H3/b11-8-. The molecule has 0 saturated carbocycles. The smallest absolute Gasteiger partial charge is 0.257 e. The summed E-state index contributed by atoms with van der Waals surface area (Å²) in [7, 11) is 1.29. The molecule has 64 valence electrons. The fourth-order valence-electron chi connectivity index (χ4n) is 0.720. The van der Waals surface area contributed by atoms with E-state index >= 15 is 0 Å². The van der Waals surface area contributed by atoms with Crippen molar-refractivity contribution in [1.82, 2.24) is 0 Å². The van der Waals surface area contributed by atoms with Crippen molar-refractivity contribution < 1.29 is 9.23 Å². The molecule has 0 heterocycles. The Morgan fingerprint density at radius 1 is 1.42 bits per heavy atom. The van der Waals surface area contributed by atoms with Gasteiger partial charge in [0.15, 0.2) is 0 Å². The Kier molecular flexibility index (Phi) is 3.05. The third kappa shape index (κ3) is 2.20. The summed E-state index contributed by atoms with van der Waals surface area (Å²) in [5, 5.41) is 3.69. The average Bonchev–Trinajstić information content (AvgIpc) is 2.06. The van der Waals surface area contributed by atoms with Gasteiger partial charge in [-0.2, -0.15) is 4.39 Å². The number of benzene rings is 1. The monoisotopic (exact) mass is 187 g/mol. The van der Waals surface area contributed by atoms with Crippen molar-refractivity contribution in [3.05, 3.63) is 34.9 Å². The predicted octanol–water partition coefficient (Wildman–Crippen LogP) is 2.62. The quantitative estimate of drug-likeness (QED) is 0.515. The van der Waals surface area contributed by atoms with Gasteiger partial charge in [-0.25, -0.2) is 0 Å². The Morgan fingerprint density at radius 3 is 2.50 bits per heavy atom. The van der Waals surface area contributed by atoms with E-state index in [1.165, 1.54) is 19.2 Å². The number of rotatable bonds is 2. The van der Waals surface area contributed by atoms with Gasteiger partial charge in [0.25, 0.3) is 5.97 Å². The fraction of sp³-hybridized carbons (Fsp3) is 0.125. The first-order chi connectivity index (χ1) is 5.74. The highest BCUT2D eigenvalue weighted by atomic mass is 35.5. The topological polar surface area (TPSA) is 21.6 Å². The molecule has 1 aromatic rings. The van der Waals surface area contributed by atoms with E-state index in [4.69, 9.17) is 11.6 Å². The van der Waals surface area contributed by atoms with E-state index in [9.17, 15) is 4.39 Å². The molecule has 0 unspecified atom stereocenters. The molecule has 4 heteroatoms. The zero-order chi connectivity index (χ0) is 8.97. The van der Waals surface area contributed by atoms with Crippen LogP contribution >= 0.6 is 11.6 Å². The third-order valence-corrected chi connectivity index (χ3v) is 1.51. The summed E-state index contributed by atoms with van der Waals surface area (Å²) in [6, 6.07) is 6.23. The highest BCUT2D eigenvalue weighted by Crippen LogP contribution is 2.10. The summed E-state index contributed by atoms with van der Waals surface area (Å²) in [6.45, 7) is 0. The van der Waals surface area contributed by atoms with Crippen molar-refractivity contribution in [2.45, 2.75) is 0 Å². The van der Waals surface area contributed by atoms with E-state index in [2.05, 4.69) is 9.99 Å². The lowest BCUT2D eigenvalue weighted by atomic mass is 10.2. The van der Waals surface area contributed by atoms with Crippen LogP contribution < -0.4 is 0 Å². The minimum Gasteiger partial charge on any atom is -0.397 e. The van der Waals surface area contributed by atoms with Crippen LogP contribution in [-0.4, -0.2) is 13.1 Å². The van der Waals surface area contributed by atoms with Crippen LogP contribution in [-0.2, 0) is 4.84 Å². The van der Waals surface area contributed by atoms with Crippen molar-refractivity contribution in [3.63, 3.8) is 0 Å². The van der Waals surface area contributed by atoms with Gasteiger partial charge in [-0.1, -0.05) is 16.8 Å². The molecular formula is C8H7ClFNO. The number of hydrogen-bond acceptors (Lipinski definition) is 2. The lowest BCUT2D eigenvalue weighted by Gasteiger charge is -1.95. The van der Waals surface area contributed by atoms with Gasteiger partial charge in [0.05, 0.1) is 0 Å². The highest BCUT2D eigenvalue weighted by Gasteiger charge is 2.00. The zero-order valence-electron chi connectivity index (χ0n) is 6.42. The first kappa shape index (κ1) is 9.00. The van der Waals surface area contributed by atoms with Crippen LogP contribution in [0.1, 0.15) is 5.56 Å². The van der Waals surface area contributed by atoms with Crippen molar-refractivity contribution >= 4 is 17.6 Å². The lowest BCUT2D eigenvalue weighted by molar-refractivity contribution is 0.209. The maximum atomic E-state index is 12.8. The minimum atomic E-state index is -0.658. The second-order valence-electron chi connectivity index (χ2n) is 2.07. The first-order valence-corrected chi connectivity index (χ1v) is 3.64. The lowest BCUT2D eigenvalue weighted by Crippen LogP contribution is -1.92. The zero-order valence-corrected chi connectivity index (χ0v) is 7.18. The van der Waals surface area contributed by atoms with Gasteiger partial charge < -0.3 is 4.84 Å². The van der Waals surface area contributed by atoms with E-state index in [0.29, 0.717) is 10.6 Å². The number of nitrogens with zero attached hydrogens (tertiary/aromatic N) is 1. The molecule has 0 aliphatic heterocycles. The van der Waals surface area contributed by atoms with Crippen LogP contribution in [0, 0.1) is 0 Å². The predicted molar refractivity (Wildman–Crippen MR) is 46.1 cm³/mol. The molecule has 0 spiro atoms. The van der Waals surface area contributed by atoms with Gasteiger partial charge in [0.1, 0.15) is 7.11 Å². The normalized spacial score (nSPS) is 11.4. The van der Waals surface area contributed by atoms with Gasteiger partial charge in [0.2, 0.25) is 0 Å². The second kappa shape index (κ2) is 4.07. The summed E-state index contributed by atoms with van der Waals surface area (Å²) >= 11 is 5.60. The van der Waals surface area contributed by atoms with Crippen LogP contribution in [0.25, 0.3) is 0 Å². The van der Waals surface area contributed by atoms with Crippen molar-refractivity contribution in [2.24, 2.45) is 5.16 Å². The Balaban J connectivity index is 2.89. The van der Waals surface area contributed by atoms with Gasteiger partial charge in [-0.05, 0) is 24.3 Å². The highest BCUT2D eigenvalue weighted by molar-refractivity contribution is 6.30. The van der Waals surface area contributed by atoms with E-state index in [-0.39, 0.29) is 0 Å². The van der Waals surface area contributed by atoms with Crippen molar-refractivity contribution in [3.8, 4) is 0 Å². The Bertz CT molecular complexity index is 284. The van der Waals surface area contributed by atoms with Gasteiger partial charge in [-0.15, -0.1) is 0 Å². The van der Waals surface area contributed by atoms with E-state index < -0.39 is 5.97 Å². The van der Waals surface area contributed by atoms with Crippen molar-refractivity contribution in [1.29, 1.82) is 0 Å². The molecule has 0 aliphatic carbocycles. The average molecular weight is 188 g/mol. The third-order valence-electron chi connectivity index (χ3n) is 1.25.